The number of rotatable bonds is 3. The van der Waals surface area contributed by atoms with E-state index in [1.807, 2.05) is 0 Å². The fourth-order valence-electron chi connectivity index (χ4n) is 1.71. The Hall–Kier alpha value is -0.860. The van der Waals surface area contributed by atoms with Crippen molar-refractivity contribution in [1.82, 2.24) is 0 Å². The van der Waals surface area contributed by atoms with Gasteiger partial charge >= 0.3 is 0 Å². The molecule has 2 aromatic carbocycles. The van der Waals surface area contributed by atoms with Gasteiger partial charge in [-0.05, 0) is 41.3 Å². The van der Waals surface area contributed by atoms with Crippen molar-refractivity contribution in [3.8, 4) is 0 Å². The van der Waals surface area contributed by atoms with Crippen molar-refractivity contribution >= 4 is 37.9 Å². The second-order valence-corrected chi connectivity index (χ2v) is 6.08. The SMILES string of the molecule is CC(C=Cc1ccc(Br)cc1)c1ccc(Br)cc1. The minimum absolute atomic E-state index is 0.418. The average Bonchev–Trinajstić information content (AvgIpc) is 2.38. The van der Waals surface area contributed by atoms with E-state index in [0.717, 1.165) is 8.95 Å². The fraction of sp³-hybridized carbons (Fsp3) is 0.125. The summed E-state index contributed by atoms with van der Waals surface area (Å²) in [5.74, 6) is 0.418. The Bertz CT molecular complexity index is 524. The Labute approximate surface area is 125 Å². The topological polar surface area (TPSA) is 0 Å². The van der Waals surface area contributed by atoms with E-state index < -0.39 is 0 Å². The highest BCUT2D eigenvalue weighted by Crippen LogP contribution is 2.21. The molecule has 0 N–H and O–H groups in total. The molecule has 0 spiro atoms. The van der Waals surface area contributed by atoms with Crippen molar-refractivity contribution in [3.63, 3.8) is 0 Å². The summed E-state index contributed by atoms with van der Waals surface area (Å²) >= 11 is 6.89. The second-order valence-electron chi connectivity index (χ2n) is 4.25. The van der Waals surface area contributed by atoms with Gasteiger partial charge < -0.3 is 0 Å². The summed E-state index contributed by atoms with van der Waals surface area (Å²) in [5, 5.41) is 0. The van der Waals surface area contributed by atoms with E-state index >= 15 is 0 Å². The molecule has 0 heterocycles. The zero-order valence-electron chi connectivity index (χ0n) is 10.1. The smallest absolute Gasteiger partial charge is 0.0175 e. The van der Waals surface area contributed by atoms with Crippen LogP contribution in [0.4, 0.5) is 0 Å². The predicted molar refractivity (Wildman–Crippen MR) is 85.7 cm³/mol. The van der Waals surface area contributed by atoms with Gasteiger partial charge in [0, 0.05) is 8.95 Å². The first-order valence-electron chi connectivity index (χ1n) is 5.84. The first-order valence-corrected chi connectivity index (χ1v) is 7.43. The van der Waals surface area contributed by atoms with Crippen LogP contribution in [0.25, 0.3) is 6.08 Å². The van der Waals surface area contributed by atoms with Gasteiger partial charge in [0.2, 0.25) is 0 Å². The Morgan fingerprint density at radius 1 is 0.833 bits per heavy atom. The lowest BCUT2D eigenvalue weighted by atomic mass is 10.00. The van der Waals surface area contributed by atoms with E-state index in [9.17, 15) is 0 Å². The quantitative estimate of drug-likeness (QED) is 0.623. The monoisotopic (exact) mass is 364 g/mol. The molecule has 0 aliphatic rings. The third-order valence-corrected chi connectivity index (χ3v) is 3.90. The van der Waals surface area contributed by atoms with Crippen LogP contribution in [-0.4, -0.2) is 0 Å². The third kappa shape index (κ3) is 3.82. The molecule has 0 amide bonds. The number of benzene rings is 2. The normalized spacial score (nSPS) is 12.8. The molecule has 2 rings (SSSR count). The molecular formula is C16H14Br2. The van der Waals surface area contributed by atoms with Gasteiger partial charge in [-0.1, -0.05) is 75.2 Å². The summed E-state index contributed by atoms with van der Waals surface area (Å²) in [6.45, 7) is 2.21. The highest BCUT2D eigenvalue weighted by Gasteiger charge is 2.00. The first-order chi connectivity index (χ1) is 8.65. The lowest BCUT2D eigenvalue weighted by molar-refractivity contribution is 0.972. The Kier molecular flexibility index (Phi) is 4.79. The molecule has 0 saturated carbocycles. The Morgan fingerprint density at radius 2 is 1.33 bits per heavy atom. The summed E-state index contributed by atoms with van der Waals surface area (Å²) in [5.41, 5.74) is 2.55. The second kappa shape index (κ2) is 6.35. The van der Waals surface area contributed by atoms with Crippen molar-refractivity contribution in [2.45, 2.75) is 12.8 Å². The van der Waals surface area contributed by atoms with Crippen molar-refractivity contribution in [3.05, 3.63) is 74.7 Å². The van der Waals surface area contributed by atoms with Gasteiger partial charge in [-0.3, -0.25) is 0 Å². The molecule has 0 aliphatic carbocycles. The molecular weight excluding hydrogens is 352 g/mol. The molecule has 0 aromatic heterocycles. The molecule has 92 valence electrons. The minimum Gasteiger partial charge on any atom is -0.0767 e. The molecule has 0 fully saturated rings. The molecule has 0 nitrogen and oxygen atoms in total. The Balaban J connectivity index is 2.08. The summed E-state index contributed by atoms with van der Waals surface area (Å²) in [6, 6.07) is 16.8. The largest absolute Gasteiger partial charge is 0.0767 e. The van der Waals surface area contributed by atoms with Crippen LogP contribution in [0.2, 0.25) is 0 Å². The van der Waals surface area contributed by atoms with Gasteiger partial charge in [-0.25, -0.2) is 0 Å². The first kappa shape index (κ1) is 13.6. The maximum Gasteiger partial charge on any atom is 0.0175 e. The van der Waals surface area contributed by atoms with E-state index in [1.54, 1.807) is 0 Å². The number of hydrogen-bond acceptors (Lipinski definition) is 0. The molecule has 1 atom stereocenters. The van der Waals surface area contributed by atoms with E-state index in [2.05, 4.69) is 99.5 Å². The molecule has 1 unspecified atom stereocenters. The van der Waals surface area contributed by atoms with E-state index in [4.69, 9.17) is 0 Å². The van der Waals surface area contributed by atoms with Crippen LogP contribution in [0.3, 0.4) is 0 Å². The van der Waals surface area contributed by atoms with Gasteiger partial charge in [-0.15, -0.1) is 0 Å². The van der Waals surface area contributed by atoms with E-state index in [1.165, 1.54) is 11.1 Å². The van der Waals surface area contributed by atoms with Gasteiger partial charge in [0.05, 0.1) is 0 Å². The third-order valence-electron chi connectivity index (χ3n) is 2.84. The summed E-state index contributed by atoms with van der Waals surface area (Å²) in [4.78, 5) is 0. The van der Waals surface area contributed by atoms with Crippen LogP contribution < -0.4 is 0 Å². The maximum atomic E-state index is 3.45. The lowest BCUT2D eigenvalue weighted by Crippen LogP contribution is -1.88. The molecule has 2 heteroatoms. The van der Waals surface area contributed by atoms with Gasteiger partial charge in [0.1, 0.15) is 0 Å². The van der Waals surface area contributed by atoms with Crippen LogP contribution in [0.15, 0.2) is 63.6 Å². The van der Waals surface area contributed by atoms with Crippen molar-refractivity contribution in [2.75, 3.05) is 0 Å². The maximum absolute atomic E-state index is 3.45. The van der Waals surface area contributed by atoms with Crippen molar-refractivity contribution < 1.29 is 0 Å². The predicted octanol–water partition coefficient (Wildman–Crippen LogP) is 6.03. The molecule has 0 aliphatic heterocycles. The van der Waals surface area contributed by atoms with E-state index in [0.29, 0.717) is 5.92 Å². The van der Waals surface area contributed by atoms with Crippen LogP contribution in [0.1, 0.15) is 24.0 Å². The Morgan fingerprint density at radius 3 is 1.89 bits per heavy atom. The minimum atomic E-state index is 0.418. The highest BCUT2D eigenvalue weighted by molar-refractivity contribution is 9.10. The summed E-state index contributed by atoms with van der Waals surface area (Å²) in [7, 11) is 0. The van der Waals surface area contributed by atoms with Crippen LogP contribution in [0, 0.1) is 0 Å². The van der Waals surface area contributed by atoms with Crippen molar-refractivity contribution in [1.29, 1.82) is 0 Å². The van der Waals surface area contributed by atoms with Gasteiger partial charge in [0.25, 0.3) is 0 Å². The zero-order valence-corrected chi connectivity index (χ0v) is 13.3. The van der Waals surface area contributed by atoms with Crippen LogP contribution in [0.5, 0.6) is 0 Å². The number of halogens is 2. The van der Waals surface area contributed by atoms with Gasteiger partial charge in [-0.2, -0.15) is 0 Å². The summed E-state index contributed by atoms with van der Waals surface area (Å²) in [6.07, 6.45) is 4.39. The average molecular weight is 366 g/mol. The molecule has 0 radical (unpaired) electrons. The standard InChI is InChI=1S/C16H14Br2/c1-12(14-6-10-16(18)11-7-14)2-3-13-4-8-15(17)9-5-13/h2-12H,1H3. The zero-order chi connectivity index (χ0) is 13.0. The highest BCUT2D eigenvalue weighted by atomic mass is 79.9. The van der Waals surface area contributed by atoms with E-state index in [-0.39, 0.29) is 0 Å². The lowest BCUT2D eigenvalue weighted by Gasteiger charge is -2.06. The molecule has 18 heavy (non-hydrogen) atoms. The number of hydrogen-bond donors (Lipinski definition) is 0. The number of allylic oxidation sites excluding steroid dienone is 1. The van der Waals surface area contributed by atoms with Gasteiger partial charge in [0.15, 0.2) is 0 Å². The van der Waals surface area contributed by atoms with Crippen molar-refractivity contribution in [2.24, 2.45) is 0 Å². The summed E-state index contributed by atoms with van der Waals surface area (Å²) < 4.78 is 2.23. The molecule has 0 saturated heterocycles. The van der Waals surface area contributed by atoms with Crippen LogP contribution >= 0.6 is 31.9 Å². The molecule has 2 aromatic rings. The van der Waals surface area contributed by atoms with Crippen LogP contribution in [-0.2, 0) is 0 Å². The fourth-order valence-corrected chi connectivity index (χ4v) is 2.24. The molecule has 0 bridgehead atoms.